The summed E-state index contributed by atoms with van der Waals surface area (Å²) >= 11 is 0. The van der Waals surface area contributed by atoms with Crippen molar-refractivity contribution in [3.63, 3.8) is 0 Å². The van der Waals surface area contributed by atoms with Crippen molar-refractivity contribution < 1.29 is 4.74 Å². The lowest BCUT2D eigenvalue weighted by molar-refractivity contribution is 0.322. The van der Waals surface area contributed by atoms with Gasteiger partial charge in [0, 0.05) is 12.6 Å². The Hall–Kier alpha value is -1.06. The largest absolute Gasteiger partial charge is 0.496 e. The number of hydrogen-bond acceptors (Lipinski definition) is 3. The summed E-state index contributed by atoms with van der Waals surface area (Å²) in [6.45, 7) is 6.25. The first-order chi connectivity index (χ1) is 8.52. The van der Waals surface area contributed by atoms with Gasteiger partial charge < -0.3 is 15.4 Å². The third kappa shape index (κ3) is 5.07. The Morgan fingerprint density at radius 1 is 1.33 bits per heavy atom. The van der Waals surface area contributed by atoms with Gasteiger partial charge in [0.2, 0.25) is 0 Å². The van der Waals surface area contributed by atoms with E-state index < -0.39 is 0 Å². The molecule has 1 aromatic rings. The van der Waals surface area contributed by atoms with Crippen LogP contribution in [0.3, 0.4) is 0 Å². The van der Waals surface area contributed by atoms with Crippen LogP contribution in [-0.4, -0.2) is 38.2 Å². The molecule has 0 aromatic heterocycles. The van der Waals surface area contributed by atoms with Crippen LogP contribution in [0, 0.1) is 6.92 Å². The molecule has 0 aliphatic carbocycles. The Labute approximate surface area is 111 Å². The van der Waals surface area contributed by atoms with E-state index in [1.54, 1.807) is 7.11 Å². The zero-order chi connectivity index (χ0) is 13.5. The molecule has 0 aliphatic rings. The van der Waals surface area contributed by atoms with Crippen molar-refractivity contribution in [3.8, 4) is 5.75 Å². The SMILES string of the molecule is COc1ccc(C)cc1CCN(C)CCC(C)N. The van der Waals surface area contributed by atoms with E-state index >= 15 is 0 Å². The molecular weight excluding hydrogens is 224 g/mol. The molecule has 3 nitrogen and oxygen atoms in total. The molecule has 0 amide bonds. The van der Waals surface area contributed by atoms with Gasteiger partial charge in [-0.1, -0.05) is 17.7 Å². The number of likely N-dealkylation sites (N-methyl/N-ethyl adjacent to an activating group) is 1. The third-order valence-electron chi connectivity index (χ3n) is 3.16. The average Bonchev–Trinajstić information content (AvgIpc) is 2.34. The van der Waals surface area contributed by atoms with Gasteiger partial charge in [-0.3, -0.25) is 0 Å². The third-order valence-corrected chi connectivity index (χ3v) is 3.16. The Bertz CT molecular complexity index is 364. The first-order valence-electron chi connectivity index (χ1n) is 6.60. The second-order valence-electron chi connectivity index (χ2n) is 5.13. The van der Waals surface area contributed by atoms with Gasteiger partial charge in [0.05, 0.1) is 7.11 Å². The minimum atomic E-state index is 0.279. The molecule has 1 aromatic carbocycles. The lowest BCUT2D eigenvalue weighted by Crippen LogP contribution is -2.27. The summed E-state index contributed by atoms with van der Waals surface area (Å²) in [4.78, 5) is 2.32. The quantitative estimate of drug-likeness (QED) is 0.806. The highest BCUT2D eigenvalue weighted by Gasteiger charge is 2.06. The van der Waals surface area contributed by atoms with Gasteiger partial charge in [-0.2, -0.15) is 0 Å². The van der Waals surface area contributed by atoms with Crippen LogP contribution in [0.1, 0.15) is 24.5 Å². The van der Waals surface area contributed by atoms with Crippen LogP contribution in [0.5, 0.6) is 5.75 Å². The predicted octanol–water partition coefficient (Wildman–Crippen LogP) is 2.22. The van der Waals surface area contributed by atoms with Gasteiger partial charge in [-0.25, -0.2) is 0 Å². The van der Waals surface area contributed by atoms with E-state index in [4.69, 9.17) is 10.5 Å². The van der Waals surface area contributed by atoms with E-state index in [9.17, 15) is 0 Å². The minimum Gasteiger partial charge on any atom is -0.496 e. The number of benzene rings is 1. The number of hydrogen-bond donors (Lipinski definition) is 1. The van der Waals surface area contributed by atoms with E-state index in [1.165, 1.54) is 11.1 Å². The van der Waals surface area contributed by atoms with Gasteiger partial charge in [0.25, 0.3) is 0 Å². The molecule has 0 aliphatic heterocycles. The molecule has 0 bridgehead atoms. The number of rotatable bonds is 7. The minimum absolute atomic E-state index is 0.279. The summed E-state index contributed by atoms with van der Waals surface area (Å²) in [7, 11) is 3.87. The lowest BCUT2D eigenvalue weighted by atomic mass is 10.1. The first kappa shape index (κ1) is 15.0. The fourth-order valence-corrected chi connectivity index (χ4v) is 1.95. The van der Waals surface area contributed by atoms with Crippen molar-refractivity contribution in [2.45, 2.75) is 32.7 Å². The highest BCUT2D eigenvalue weighted by Crippen LogP contribution is 2.20. The molecule has 0 saturated carbocycles. The molecule has 18 heavy (non-hydrogen) atoms. The Morgan fingerprint density at radius 2 is 2.06 bits per heavy atom. The molecule has 2 N–H and O–H groups in total. The number of ether oxygens (including phenoxy) is 1. The molecule has 0 heterocycles. The smallest absolute Gasteiger partial charge is 0.122 e. The highest BCUT2D eigenvalue weighted by molar-refractivity contribution is 5.37. The second-order valence-corrected chi connectivity index (χ2v) is 5.13. The maximum absolute atomic E-state index is 5.77. The Kier molecular flexibility index (Phi) is 6.16. The van der Waals surface area contributed by atoms with Crippen molar-refractivity contribution in [2.24, 2.45) is 5.73 Å². The topological polar surface area (TPSA) is 38.5 Å². The second kappa shape index (κ2) is 7.39. The molecule has 1 atom stereocenters. The monoisotopic (exact) mass is 250 g/mol. The number of aryl methyl sites for hydroxylation is 1. The first-order valence-corrected chi connectivity index (χ1v) is 6.60. The average molecular weight is 250 g/mol. The fourth-order valence-electron chi connectivity index (χ4n) is 1.95. The molecule has 1 rings (SSSR count). The van der Waals surface area contributed by atoms with Crippen LogP contribution >= 0.6 is 0 Å². The molecule has 1 unspecified atom stereocenters. The Morgan fingerprint density at radius 3 is 2.67 bits per heavy atom. The molecule has 0 fully saturated rings. The van der Waals surface area contributed by atoms with Crippen molar-refractivity contribution in [1.82, 2.24) is 4.90 Å². The van der Waals surface area contributed by atoms with Gasteiger partial charge in [-0.05, 0) is 51.9 Å². The van der Waals surface area contributed by atoms with Crippen LogP contribution in [0.25, 0.3) is 0 Å². The van der Waals surface area contributed by atoms with E-state index in [2.05, 4.69) is 37.9 Å². The zero-order valence-corrected chi connectivity index (χ0v) is 12.1. The fraction of sp³-hybridized carbons (Fsp3) is 0.600. The van der Waals surface area contributed by atoms with Gasteiger partial charge in [0.15, 0.2) is 0 Å². The lowest BCUT2D eigenvalue weighted by Gasteiger charge is -2.18. The van der Waals surface area contributed by atoms with E-state index in [0.29, 0.717) is 0 Å². The Balaban J connectivity index is 2.49. The maximum atomic E-state index is 5.77. The molecule has 0 radical (unpaired) electrons. The normalized spacial score (nSPS) is 12.8. The van der Waals surface area contributed by atoms with Crippen molar-refractivity contribution in [1.29, 1.82) is 0 Å². The van der Waals surface area contributed by atoms with Crippen molar-refractivity contribution >= 4 is 0 Å². The number of nitrogens with zero attached hydrogens (tertiary/aromatic N) is 1. The zero-order valence-electron chi connectivity index (χ0n) is 12.1. The maximum Gasteiger partial charge on any atom is 0.122 e. The molecule has 0 saturated heterocycles. The summed E-state index contributed by atoms with van der Waals surface area (Å²) in [5.74, 6) is 0.987. The molecular formula is C15H26N2O. The van der Waals surface area contributed by atoms with Crippen LogP contribution in [0.2, 0.25) is 0 Å². The summed E-state index contributed by atoms with van der Waals surface area (Å²) < 4.78 is 5.39. The van der Waals surface area contributed by atoms with Crippen LogP contribution < -0.4 is 10.5 Å². The number of methoxy groups -OCH3 is 1. The van der Waals surface area contributed by atoms with Crippen molar-refractivity contribution in [2.75, 3.05) is 27.2 Å². The molecule has 0 spiro atoms. The summed E-state index contributed by atoms with van der Waals surface area (Å²) in [6.07, 6.45) is 2.06. The highest BCUT2D eigenvalue weighted by atomic mass is 16.5. The summed E-state index contributed by atoms with van der Waals surface area (Å²) in [5, 5.41) is 0. The summed E-state index contributed by atoms with van der Waals surface area (Å²) in [5.41, 5.74) is 8.33. The van der Waals surface area contributed by atoms with Crippen LogP contribution in [-0.2, 0) is 6.42 Å². The standard InChI is InChI=1S/C15H26N2O/c1-12-5-6-15(18-4)14(11-12)8-10-17(3)9-7-13(2)16/h5-6,11,13H,7-10,16H2,1-4H3. The molecule has 3 heteroatoms. The van der Waals surface area contributed by atoms with E-state index in [0.717, 1.165) is 31.7 Å². The van der Waals surface area contributed by atoms with Crippen molar-refractivity contribution in [3.05, 3.63) is 29.3 Å². The van der Waals surface area contributed by atoms with Gasteiger partial charge in [0.1, 0.15) is 5.75 Å². The predicted molar refractivity (Wildman–Crippen MR) is 77.2 cm³/mol. The van der Waals surface area contributed by atoms with Crippen LogP contribution in [0.15, 0.2) is 18.2 Å². The van der Waals surface area contributed by atoms with Gasteiger partial charge >= 0.3 is 0 Å². The van der Waals surface area contributed by atoms with E-state index in [1.807, 2.05) is 6.07 Å². The molecule has 102 valence electrons. The van der Waals surface area contributed by atoms with Crippen LogP contribution in [0.4, 0.5) is 0 Å². The van der Waals surface area contributed by atoms with E-state index in [-0.39, 0.29) is 6.04 Å². The van der Waals surface area contributed by atoms with Gasteiger partial charge in [-0.15, -0.1) is 0 Å². The number of nitrogens with two attached hydrogens (primary N) is 1. The summed E-state index contributed by atoms with van der Waals surface area (Å²) in [6, 6.07) is 6.62.